The zero-order valence-electron chi connectivity index (χ0n) is 8.54. The molecule has 0 aromatic carbocycles. The summed E-state index contributed by atoms with van der Waals surface area (Å²) < 4.78 is 5.40. The van der Waals surface area contributed by atoms with Crippen LogP contribution in [0, 0.1) is 0 Å². The Morgan fingerprint density at radius 3 is 2.77 bits per heavy atom. The summed E-state index contributed by atoms with van der Waals surface area (Å²) in [5, 5.41) is 3.00. The van der Waals surface area contributed by atoms with E-state index in [4.69, 9.17) is 10.5 Å². The lowest BCUT2D eigenvalue weighted by Gasteiger charge is -2.18. The maximum absolute atomic E-state index is 10.5. The quantitative estimate of drug-likeness (QED) is 0.503. The van der Waals surface area contributed by atoms with Gasteiger partial charge in [-0.25, -0.2) is 0 Å². The van der Waals surface area contributed by atoms with Gasteiger partial charge in [0, 0.05) is 6.54 Å². The fourth-order valence-electron chi connectivity index (χ4n) is 0.913. The number of nitrogens with two attached hydrogens (primary N) is 1. The second kappa shape index (κ2) is 6.82. The maximum Gasteiger partial charge on any atom is 0.231 e. The molecule has 1 atom stereocenters. The molecule has 0 saturated heterocycles. The first-order chi connectivity index (χ1) is 6.06. The minimum atomic E-state index is -0.340. The molecular formula is C8H19N3O2. The second-order valence-electron chi connectivity index (χ2n) is 3.14. The van der Waals surface area contributed by atoms with Gasteiger partial charge in [-0.2, -0.15) is 0 Å². The van der Waals surface area contributed by atoms with Crippen LogP contribution in [0.3, 0.4) is 0 Å². The van der Waals surface area contributed by atoms with E-state index in [9.17, 15) is 4.79 Å². The number of nitrogens with zero attached hydrogens (tertiary/aromatic N) is 1. The zero-order valence-corrected chi connectivity index (χ0v) is 8.54. The van der Waals surface area contributed by atoms with Gasteiger partial charge in [0.25, 0.3) is 0 Å². The number of primary amides is 1. The van der Waals surface area contributed by atoms with E-state index < -0.39 is 0 Å². The molecule has 0 aliphatic rings. The summed E-state index contributed by atoms with van der Waals surface area (Å²) in [5.74, 6) is -0.340. The van der Waals surface area contributed by atoms with Gasteiger partial charge in [-0.05, 0) is 21.0 Å². The van der Waals surface area contributed by atoms with Crippen molar-refractivity contribution in [3.8, 4) is 0 Å². The van der Waals surface area contributed by atoms with E-state index in [0.29, 0.717) is 6.73 Å². The van der Waals surface area contributed by atoms with Crippen molar-refractivity contribution in [3.05, 3.63) is 0 Å². The maximum atomic E-state index is 10.5. The van der Waals surface area contributed by atoms with E-state index >= 15 is 0 Å². The Morgan fingerprint density at radius 2 is 2.31 bits per heavy atom. The van der Waals surface area contributed by atoms with Crippen molar-refractivity contribution in [2.75, 3.05) is 33.9 Å². The molecule has 78 valence electrons. The average molecular weight is 189 g/mol. The molecular weight excluding hydrogens is 170 g/mol. The molecule has 5 nitrogen and oxygen atoms in total. The van der Waals surface area contributed by atoms with E-state index in [1.807, 2.05) is 14.0 Å². The summed E-state index contributed by atoms with van der Waals surface area (Å²) in [5.41, 5.74) is 5.01. The van der Waals surface area contributed by atoms with Crippen LogP contribution in [0.5, 0.6) is 0 Å². The van der Waals surface area contributed by atoms with Crippen LogP contribution in [0.4, 0.5) is 0 Å². The Kier molecular flexibility index (Phi) is 6.48. The van der Waals surface area contributed by atoms with Crippen molar-refractivity contribution in [1.29, 1.82) is 0 Å². The number of carbonyl (C=O) groups is 1. The van der Waals surface area contributed by atoms with Gasteiger partial charge in [-0.1, -0.05) is 0 Å². The van der Waals surface area contributed by atoms with E-state index in [1.54, 1.807) is 11.9 Å². The van der Waals surface area contributed by atoms with E-state index in [1.165, 1.54) is 0 Å². The van der Waals surface area contributed by atoms with Gasteiger partial charge in [-0.3, -0.25) is 9.69 Å². The Hall–Kier alpha value is -0.650. The summed E-state index contributed by atoms with van der Waals surface area (Å²) in [6.07, 6.45) is 0.139. The largest absolute Gasteiger partial charge is 0.369 e. The van der Waals surface area contributed by atoms with Gasteiger partial charge >= 0.3 is 0 Å². The van der Waals surface area contributed by atoms with Crippen LogP contribution >= 0.6 is 0 Å². The van der Waals surface area contributed by atoms with Crippen molar-refractivity contribution in [2.45, 2.75) is 13.0 Å². The van der Waals surface area contributed by atoms with Crippen LogP contribution in [0.25, 0.3) is 0 Å². The predicted octanol–water partition coefficient (Wildman–Crippen LogP) is -1.01. The van der Waals surface area contributed by atoms with Crippen molar-refractivity contribution >= 4 is 5.91 Å². The summed E-state index contributed by atoms with van der Waals surface area (Å²) in [4.78, 5) is 12.2. The zero-order chi connectivity index (χ0) is 10.3. The highest BCUT2D eigenvalue weighted by atomic mass is 16.5. The van der Waals surface area contributed by atoms with Gasteiger partial charge in [0.2, 0.25) is 5.91 Å². The monoisotopic (exact) mass is 189 g/mol. The van der Waals surface area contributed by atoms with E-state index in [-0.39, 0.29) is 18.6 Å². The summed E-state index contributed by atoms with van der Waals surface area (Å²) >= 11 is 0. The number of carbonyl (C=O) groups excluding carboxylic acids is 1. The molecule has 3 N–H and O–H groups in total. The third-order valence-corrected chi connectivity index (χ3v) is 1.50. The number of rotatable bonds is 7. The van der Waals surface area contributed by atoms with Crippen LogP contribution in [0.2, 0.25) is 0 Å². The predicted molar refractivity (Wildman–Crippen MR) is 51.2 cm³/mol. The van der Waals surface area contributed by atoms with Gasteiger partial charge in [-0.15, -0.1) is 0 Å². The molecule has 0 bridgehead atoms. The Morgan fingerprint density at radius 1 is 1.69 bits per heavy atom. The highest BCUT2D eigenvalue weighted by Gasteiger charge is 2.05. The van der Waals surface area contributed by atoms with Crippen molar-refractivity contribution < 1.29 is 9.53 Å². The highest BCUT2D eigenvalue weighted by molar-refractivity contribution is 5.75. The normalized spacial score (nSPS) is 13.2. The lowest BCUT2D eigenvalue weighted by atomic mass is 10.4. The summed E-state index contributed by atoms with van der Waals surface area (Å²) in [6.45, 7) is 3.41. The first-order valence-electron chi connectivity index (χ1n) is 4.29. The number of ether oxygens (including phenoxy) is 1. The van der Waals surface area contributed by atoms with Crippen LogP contribution in [-0.4, -0.2) is 50.8 Å². The molecule has 5 heteroatoms. The fourth-order valence-corrected chi connectivity index (χ4v) is 0.913. The summed E-state index contributed by atoms with van der Waals surface area (Å²) in [6, 6.07) is 0. The number of nitrogens with one attached hydrogen (secondary N) is 1. The molecule has 0 aliphatic carbocycles. The van der Waals surface area contributed by atoms with Crippen molar-refractivity contribution in [1.82, 2.24) is 10.2 Å². The van der Waals surface area contributed by atoms with E-state index in [2.05, 4.69) is 5.32 Å². The molecule has 1 unspecified atom stereocenters. The first kappa shape index (κ1) is 12.3. The van der Waals surface area contributed by atoms with Gasteiger partial charge in [0.05, 0.1) is 19.4 Å². The molecule has 13 heavy (non-hydrogen) atoms. The van der Waals surface area contributed by atoms with Crippen LogP contribution in [-0.2, 0) is 9.53 Å². The standard InChI is InChI=1S/C8H19N3O2/c1-7(4-10-2)13-6-11(3)5-8(9)12/h7,10H,4-6H2,1-3H3,(H2,9,12). The van der Waals surface area contributed by atoms with Gasteiger partial charge in [0.1, 0.15) is 0 Å². The minimum Gasteiger partial charge on any atom is -0.369 e. The minimum absolute atomic E-state index is 0.139. The first-order valence-corrected chi connectivity index (χ1v) is 4.29. The fraction of sp³-hybridized carbons (Fsp3) is 0.875. The lowest BCUT2D eigenvalue weighted by molar-refractivity contribution is -0.120. The summed E-state index contributed by atoms with van der Waals surface area (Å²) in [7, 11) is 3.66. The molecule has 0 aromatic heterocycles. The number of hydrogen-bond donors (Lipinski definition) is 2. The average Bonchev–Trinajstić information content (AvgIpc) is 2.00. The highest BCUT2D eigenvalue weighted by Crippen LogP contribution is 1.90. The Labute approximate surface area is 79.2 Å². The number of likely N-dealkylation sites (N-methyl/N-ethyl adjacent to an activating group) is 2. The van der Waals surface area contributed by atoms with Gasteiger partial charge < -0.3 is 15.8 Å². The third kappa shape index (κ3) is 7.70. The lowest BCUT2D eigenvalue weighted by Crippen LogP contribution is -2.35. The molecule has 0 rings (SSSR count). The van der Waals surface area contributed by atoms with Crippen molar-refractivity contribution in [2.24, 2.45) is 5.73 Å². The van der Waals surface area contributed by atoms with Gasteiger partial charge in [0.15, 0.2) is 0 Å². The second-order valence-corrected chi connectivity index (χ2v) is 3.14. The van der Waals surface area contributed by atoms with Crippen LogP contribution in [0.1, 0.15) is 6.92 Å². The third-order valence-electron chi connectivity index (χ3n) is 1.50. The number of hydrogen-bond acceptors (Lipinski definition) is 4. The molecule has 0 aromatic rings. The molecule has 1 amide bonds. The molecule has 0 fully saturated rings. The molecule has 0 aliphatic heterocycles. The molecule has 0 spiro atoms. The Bertz CT molecular complexity index is 152. The Balaban J connectivity index is 3.45. The van der Waals surface area contributed by atoms with E-state index in [0.717, 1.165) is 6.54 Å². The molecule has 0 heterocycles. The molecule has 0 radical (unpaired) electrons. The number of amides is 1. The SMILES string of the molecule is CNCC(C)OCN(C)CC(N)=O. The van der Waals surface area contributed by atoms with Crippen LogP contribution < -0.4 is 11.1 Å². The van der Waals surface area contributed by atoms with Crippen LogP contribution in [0.15, 0.2) is 0 Å². The molecule has 0 saturated carbocycles. The van der Waals surface area contributed by atoms with Crippen molar-refractivity contribution in [3.63, 3.8) is 0 Å². The topological polar surface area (TPSA) is 67.6 Å². The smallest absolute Gasteiger partial charge is 0.231 e.